The number of nitrogens with one attached hydrogen (secondary N) is 2. The lowest BCUT2D eigenvalue weighted by Gasteiger charge is -2.23. The van der Waals surface area contributed by atoms with Crippen molar-refractivity contribution in [2.24, 2.45) is 5.92 Å². The van der Waals surface area contributed by atoms with Crippen molar-refractivity contribution in [1.82, 2.24) is 4.72 Å². The van der Waals surface area contributed by atoms with Gasteiger partial charge in [-0.15, -0.1) is 0 Å². The molecule has 1 aliphatic rings. The zero-order chi connectivity index (χ0) is 22.9. The monoisotopic (exact) mass is 443 g/mol. The molecule has 0 aromatic heterocycles. The number of rotatable bonds is 6. The number of para-hydroxylation sites is 1. The minimum absolute atomic E-state index is 0.0262. The zero-order valence-corrected chi connectivity index (χ0v) is 19.3. The van der Waals surface area contributed by atoms with Crippen molar-refractivity contribution in [2.45, 2.75) is 58.0 Å². The van der Waals surface area contributed by atoms with Crippen molar-refractivity contribution in [3.63, 3.8) is 0 Å². The van der Waals surface area contributed by atoms with Crippen LogP contribution in [0.2, 0.25) is 0 Å². The van der Waals surface area contributed by atoms with E-state index in [4.69, 9.17) is 0 Å². The van der Waals surface area contributed by atoms with Gasteiger partial charge in [-0.3, -0.25) is 9.59 Å². The molecule has 0 saturated heterocycles. The average Bonchev–Trinajstić information content (AvgIpc) is 3.02. The second-order valence-corrected chi connectivity index (χ2v) is 10.1. The Labute approximate surface area is 183 Å². The van der Waals surface area contributed by atoms with Crippen LogP contribution in [0.3, 0.4) is 0 Å². The topological polar surface area (TPSA) is 95.6 Å². The summed E-state index contributed by atoms with van der Waals surface area (Å²) in [7, 11) is -3.94. The molecule has 8 heteroatoms. The standard InChI is InChI=1S/C23H29N3O4S/c1-14(2)22(23(28)24-20-9-7-6-8-15(20)3)25-31(29,30)19-10-11-21-18(13-19)12-16(4)26(21)17(5)27/h6-11,13-14,16,22,25H,12H2,1-5H3,(H,24,28)/t16-,22+/m0/s1. The fourth-order valence-corrected chi connectivity index (χ4v) is 5.30. The van der Waals surface area contributed by atoms with E-state index < -0.39 is 22.0 Å². The first kappa shape index (κ1) is 23.0. The maximum absolute atomic E-state index is 13.1. The third kappa shape index (κ3) is 4.80. The number of sulfonamides is 1. The van der Waals surface area contributed by atoms with Crippen LogP contribution in [0.5, 0.6) is 0 Å². The van der Waals surface area contributed by atoms with E-state index in [0.29, 0.717) is 12.1 Å². The SMILES string of the molecule is CC(=O)N1c2ccc(S(=O)(=O)N[C@@H](C(=O)Nc3ccccc3C)C(C)C)cc2C[C@@H]1C. The van der Waals surface area contributed by atoms with E-state index in [1.807, 2.05) is 32.0 Å². The summed E-state index contributed by atoms with van der Waals surface area (Å²) in [6.07, 6.45) is 0.583. The minimum atomic E-state index is -3.94. The lowest BCUT2D eigenvalue weighted by Crippen LogP contribution is -2.47. The van der Waals surface area contributed by atoms with Crippen LogP contribution in [0.25, 0.3) is 0 Å². The third-order valence-electron chi connectivity index (χ3n) is 5.55. The predicted octanol–water partition coefficient (Wildman–Crippen LogP) is 3.23. The van der Waals surface area contributed by atoms with Crippen LogP contribution >= 0.6 is 0 Å². The van der Waals surface area contributed by atoms with Gasteiger partial charge in [0.2, 0.25) is 21.8 Å². The molecule has 0 saturated carbocycles. The van der Waals surface area contributed by atoms with E-state index in [1.54, 1.807) is 36.9 Å². The highest BCUT2D eigenvalue weighted by molar-refractivity contribution is 7.89. The molecule has 0 radical (unpaired) electrons. The van der Waals surface area contributed by atoms with Gasteiger partial charge in [0, 0.05) is 24.3 Å². The number of benzene rings is 2. The van der Waals surface area contributed by atoms with Crippen LogP contribution in [0, 0.1) is 12.8 Å². The molecular weight excluding hydrogens is 414 g/mol. The van der Waals surface area contributed by atoms with E-state index >= 15 is 0 Å². The summed E-state index contributed by atoms with van der Waals surface area (Å²) < 4.78 is 28.8. The van der Waals surface area contributed by atoms with E-state index in [-0.39, 0.29) is 22.8 Å². The van der Waals surface area contributed by atoms with Crippen molar-refractivity contribution in [1.29, 1.82) is 0 Å². The molecule has 2 aromatic carbocycles. The quantitative estimate of drug-likeness (QED) is 0.716. The van der Waals surface area contributed by atoms with E-state index in [2.05, 4.69) is 10.0 Å². The molecule has 0 unspecified atom stereocenters. The van der Waals surface area contributed by atoms with Crippen molar-refractivity contribution in [3.05, 3.63) is 53.6 Å². The highest BCUT2D eigenvalue weighted by Gasteiger charge is 2.32. The number of amides is 2. The van der Waals surface area contributed by atoms with Gasteiger partial charge in [0.05, 0.1) is 4.90 Å². The summed E-state index contributed by atoms with van der Waals surface area (Å²) in [6.45, 7) is 8.89. The molecule has 2 amide bonds. The van der Waals surface area contributed by atoms with E-state index in [0.717, 1.165) is 16.8 Å². The van der Waals surface area contributed by atoms with Crippen LogP contribution in [0.4, 0.5) is 11.4 Å². The minimum Gasteiger partial charge on any atom is -0.324 e. The first-order valence-corrected chi connectivity index (χ1v) is 11.8. The molecule has 3 rings (SSSR count). The maximum Gasteiger partial charge on any atom is 0.242 e. The van der Waals surface area contributed by atoms with Crippen LogP contribution in [0.1, 0.15) is 38.8 Å². The highest BCUT2D eigenvalue weighted by atomic mass is 32.2. The Kier molecular flexibility index (Phi) is 6.52. The summed E-state index contributed by atoms with van der Waals surface area (Å²) in [4.78, 5) is 26.6. The van der Waals surface area contributed by atoms with Gasteiger partial charge in [0.1, 0.15) is 6.04 Å². The summed E-state index contributed by atoms with van der Waals surface area (Å²) in [5.74, 6) is -0.750. The Balaban J connectivity index is 1.84. The molecule has 0 aliphatic carbocycles. The van der Waals surface area contributed by atoms with Gasteiger partial charge in [-0.25, -0.2) is 8.42 Å². The van der Waals surface area contributed by atoms with Crippen LogP contribution in [-0.2, 0) is 26.0 Å². The summed E-state index contributed by atoms with van der Waals surface area (Å²) in [5, 5.41) is 2.82. The first-order chi connectivity index (χ1) is 14.5. The Hall–Kier alpha value is -2.71. The number of nitrogens with zero attached hydrogens (tertiary/aromatic N) is 1. The van der Waals surface area contributed by atoms with Crippen molar-refractivity contribution in [2.75, 3.05) is 10.2 Å². The lowest BCUT2D eigenvalue weighted by atomic mass is 10.0. The largest absolute Gasteiger partial charge is 0.324 e. The number of anilines is 2. The number of carbonyl (C=O) groups excluding carboxylic acids is 2. The van der Waals surface area contributed by atoms with Gasteiger partial charge in [-0.1, -0.05) is 32.0 Å². The molecule has 7 nitrogen and oxygen atoms in total. The van der Waals surface area contributed by atoms with Crippen LogP contribution in [-0.4, -0.2) is 32.3 Å². The van der Waals surface area contributed by atoms with Gasteiger partial charge in [0.25, 0.3) is 0 Å². The Morgan fingerprint density at radius 2 is 1.81 bits per heavy atom. The van der Waals surface area contributed by atoms with Crippen molar-refractivity contribution < 1.29 is 18.0 Å². The van der Waals surface area contributed by atoms with Gasteiger partial charge in [-0.2, -0.15) is 4.72 Å². The van der Waals surface area contributed by atoms with E-state index in [1.165, 1.54) is 13.0 Å². The van der Waals surface area contributed by atoms with Crippen LogP contribution in [0.15, 0.2) is 47.4 Å². The molecule has 0 spiro atoms. The summed E-state index contributed by atoms with van der Waals surface area (Å²) >= 11 is 0. The second kappa shape index (κ2) is 8.80. The summed E-state index contributed by atoms with van der Waals surface area (Å²) in [6, 6.07) is 11.1. The van der Waals surface area contributed by atoms with Gasteiger partial charge >= 0.3 is 0 Å². The first-order valence-electron chi connectivity index (χ1n) is 10.3. The number of aryl methyl sites for hydroxylation is 1. The molecule has 31 heavy (non-hydrogen) atoms. The molecule has 166 valence electrons. The number of hydrogen-bond acceptors (Lipinski definition) is 4. The number of fused-ring (bicyclic) bond motifs is 1. The van der Waals surface area contributed by atoms with Gasteiger partial charge in [-0.05, 0) is 61.6 Å². The smallest absolute Gasteiger partial charge is 0.242 e. The van der Waals surface area contributed by atoms with Gasteiger partial charge in [0.15, 0.2) is 0 Å². The molecule has 1 aliphatic heterocycles. The van der Waals surface area contributed by atoms with Crippen molar-refractivity contribution >= 4 is 33.2 Å². The summed E-state index contributed by atoms with van der Waals surface area (Å²) in [5.41, 5.74) is 3.07. The molecule has 1 heterocycles. The molecule has 2 atom stereocenters. The Morgan fingerprint density at radius 3 is 2.42 bits per heavy atom. The Bertz CT molecular complexity index is 1110. The Morgan fingerprint density at radius 1 is 1.13 bits per heavy atom. The second-order valence-electron chi connectivity index (χ2n) is 8.38. The lowest BCUT2D eigenvalue weighted by molar-refractivity contribution is -0.118. The van der Waals surface area contributed by atoms with E-state index in [9.17, 15) is 18.0 Å². The van der Waals surface area contributed by atoms with Crippen molar-refractivity contribution in [3.8, 4) is 0 Å². The molecular formula is C23H29N3O4S. The normalized spacial score (nSPS) is 16.8. The molecule has 0 bridgehead atoms. The fraction of sp³-hybridized carbons (Fsp3) is 0.391. The predicted molar refractivity (Wildman–Crippen MR) is 122 cm³/mol. The molecule has 2 N–H and O–H groups in total. The average molecular weight is 444 g/mol. The molecule has 2 aromatic rings. The highest BCUT2D eigenvalue weighted by Crippen LogP contribution is 2.34. The van der Waals surface area contributed by atoms with Crippen LogP contribution < -0.4 is 14.9 Å². The number of hydrogen-bond donors (Lipinski definition) is 2. The number of carbonyl (C=O) groups is 2. The maximum atomic E-state index is 13.1. The zero-order valence-electron chi connectivity index (χ0n) is 18.5. The van der Waals surface area contributed by atoms with Gasteiger partial charge < -0.3 is 10.2 Å². The third-order valence-corrected chi connectivity index (χ3v) is 6.99. The fourth-order valence-electron chi connectivity index (χ4n) is 3.91. The molecule has 0 fully saturated rings.